The van der Waals surface area contributed by atoms with Gasteiger partial charge in [0.1, 0.15) is 0 Å². The molecule has 0 radical (unpaired) electrons. The molecular formula is C11H23NO2. The highest BCUT2D eigenvalue weighted by Crippen LogP contribution is 2.41. The van der Waals surface area contributed by atoms with E-state index in [9.17, 15) is 4.79 Å². The van der Waals surface area contributed by atoms with Crippen LogP contribution in [0.5, 0.6) is 0 Å². The van der Waals surface area contributed by atoms with Crippen LogP contribution in [0, 0.1) is 11.3 Å². The Balaban J connectivity index is 4.95. The summed E-state index contributed by atoms with van der Waals surface area (Å²) in [7, 11) is 0. The SMILES string of the molecule is CCC(C)C(C)(CC(=O)O)C(C)(C)N. The highest BCUT2D eigenvalue weighted by Gasteiger charge is 2.43. The van der Waals surface area contributed by atoms with Crippen molar-refractivity contribution in [3.05, 3.63) is 0 Å². The zero-order valence-electron chi connectivity index (χ0n) is 9.92. The summed E-state index contributed by atoms with van der Waals surface area (Å²) in [5, 5.41) is 8.90. The van der Waals surface area contributed by atoms with Gasteiger partial charge in [0.05, 0.1) is 6.42 Å². The van der Waals surface area contributed by atoms with E-state index in [1.54, 1.807) is 0 Å². The number of carbonyl (C=O) groups is 1. The van der Waals surface area contributed by atoms with E-state index in [1.807, 2.05) is 20.8 Å². The van der Waals surface area contributed by atoms with E-state index in [4.69, 9.17) is 10.8 Å². The molecule has 0 aromatic carbocycles. The largest absolute Gasteiger partial charge is 0.481 e. The Bertz CT molecular complexity index is 208. The normalized spacial score (nSPS) is 18.7. The van der Waals surface area contributed by atoms with Gasteiger partial charge in [0.15, 0.2) is 0 Å². The fraction of sp³-hybridized carbons (Fsp3) is 0.909. The third-order valence-electron chi connectivity index (χ3n) is 3.69. The molecule has 0 aromatic rings. The minimum Gasteiger partial charge on any atom is -0.481 e. The molecule has 14 heavy (non-hydrogen) atoms. The molecule has 0 spiro atoms. The van der Waals surface area contributed by atoms with Crippen molar-refractivity contribution >= 4 is 5.97 Å². The summed E-state index contributed by atoms with van der Waals surface area (Å²) in [4.78, 5) is 10.8. The van der Waals surface area contributed by atoms with Gasteiger partial charge in [-0.25, -0.2) is 0 Å². The van der Waals surface area contributed by atoms with Crippen molar-refractivity contribution in [1.82, 2.24) is 0 Å². The van der Waals surface area contributed by atoms with E-state index >= 15 is 0 Å². The quantitative estimate of drug-likeness (QED) is 0.717. The number of nitrogens with two attached hydrogens (primary N) is 1. The van der Waals surface area contributed by atoms with E-state index in [0.29, 0.717) is 5.92 Å². The van der Waals surface area contributed by atoms with Crippen LogP contribution in [0.15, 0.2) is 0 Å². The first-order valence-corrected chi connectivity index (χ1v) is 5.15. The van der Waals surface area contributed by atoms with Crippen LogP contribution in [-0.4, -0.2) is 16.6 Å². The molecular weight excluding hydrogens is 178 g/mol. The van der Waals surface area contributed by atoms with Crippen molar-refractivity contribution in [2.24, 2.45) is 17.1 Å². The Labute approximate surface area is 86.7 Å². The Morgan fingerprint density at radius 2 is 1.86 bits per heavy atom. The minimum atomic E-state index is -0.772. The number of hydrogen-bond acceptors (Lipinski definition) is 2. The lowest BCUT2D eigenvalue weighted by Crippen LogP contribution is -2.53. The first-order chi connectivity index (χ1) is 6.15. The Morgan fingerprint density at radius 3 is 2.07 bits per heavy atom. The summed E-state index contributed by atoms with van der Waals surface area (Å²) < 4.78 is 0. The third-order valence-corrected chi connectivity index (χ3v) is 3.69. The molecule has 0 aliphatic heterocycles. The van der Waals surface area contributed by atoms with Crippen LogP contribution in [0.2, 0.25) is 0 Å². The molecule has 0 heterocycles. The summed E-state index contributed by atoms with van der Waals surface area (Å²) in [5.41, 5.74) is 5.25. The predicted octanol–water partition coefficient (Wildman–Crippen LogP) is 2.25. The van der Waals surface area contributed by atoms with Crippen LogP contribution in [0.4, 0.5) is 0 Å². The average Bonchev–Trinajstić information content (AvgIpc) is 1.99. The van der Waals surface area contributed by atoms with Gasteiger partial charge in [-0.1, -0.05) is 27.2 Å². The van der Waals surface area contributed by atoms with Gasteiger partial charge < -0.3 is 10.8 Å². The van der Waals surface area contributed by atoms with Crippen LogP contribution in [0.25, 0.3) is 0 Å². The van der Waals surface area contributed by atoms with Crippen molar-refractivity contribution in [1.29, 1.82) is 0 Å². The molecule has 0 saturated heterocycles. The van der Waals surface area contributed by atoms with Crippen molar-refractivity contribution in [3.63, 3.8) is 0 Å². The molecule has 84 valence electrons. The zero-order valence-corrected chi connectivity index (χ0v) is 9.92. The van der Waals surface area contributed by atoms with Gasteiger partial charge in [-0.05, 0) is 25.2 Å². The number of rotatable bonds is 5. The molecule has 0 aliphatic carbocycles. The summed E-state index contributed by atoms with van der Waals surface area (Å²) in [6.45, 7) is 9.91. The first-order valence-electron chi connectivity index (χ1n) is 5.15. The zero-order chi connectivity index (χ0) is 11.6. The number of carboxylic acids is 1. The molecule has 0 aromatic heterocycles. The smallest absolute Gasteiger partial charge is 0.303 e. The molecule has 0 saturated carbocycles. The van der Waals surface area contributed by atoms with Gasteiger partial charge in [-0.2, -0.15) is 0 Å². The van der Waals surface area contributed by atoms with E-state index < -0.39 is 11.5 Å². The molecule has 3 N–H and O–H groups in total. The lowest BCUT2D eigenvalue weighted by atomic mass is 9.63. The highest BCUT2D eigenvalue weighted by molar-refractivity contribution is 5.68. The van der Waals surface area contributed by atoms with E-state index in [-0.39, 0.29) is 11.8 Å². The van der Waals surface area contributed by atoms with Crippen molar-refractivity contribution in [2.45, 2.75) is 53.0 Å². The second-order valence-corrected chi connectivity index (χ2v) is 5.02. The van der Waals surface area contributed by atoms with Crippen LogP contribution >= 0.6 is 0 Å². The average molecular weight is 201 g/mol. The van der Waals surface area contributed by atoms with E-state index in [0.717, 1.165) is 6.42 Å². The van der Waals surface area contributed by atoms with Crippen LogP contribution in [0.1, 0.15) is 47.5 Å². The van der Waals surface area contributed by atoms with Crippen molar-refractivity contribution in [3.8, 4) is 0 Å². The highest BCUT2D eigenvalue weighted by atomic mass is 16.4. The van der Waals surface area contributed by atoms with E-state index in [1.165, 1.54) is 0 Å². The Hall–Kier alpha value is -0.570. The number of carboxylic acid groups (broad SMARTS) is 1. The summed E-state index contributed by atoms with van der Waals surface area (Å²) >= 11 is 0. The molecule has 2 unspecified atom stereocenters. The standard InChI is InChI=1S/C11H23NO2/c1-6-8(2)11(5,7-9(13)14)10(3,4)12/h8H,6-7,12H2,1-5H3,(H,13,14). The summed E-state index contributed by atoms with van der Waals surface area (Å²) in [6, 6.07) is 0. The molecule has 0 fully saturated rings. The molecule has 0 bridgehead atoms. The maximum absolute atomic E-state index is 10.8. The lowest BCUT2D eigenvalue weighted by molar-refractivity contribution is -0.142. The molecule has 3 nitrogen and oxygen atoms in total. The monoisotopic (exact) mass is 201 g/mol. The van der Waals surface area contributed by atoms with Crippen molar-refractivity contribution < 1.29 is 9.90 Å². The molecule has 0 aliphatic rings. The van der Waals surface area contributed by atoms with Gasteiger partial charge in [0.2, 0.25) is 0 Å². The Kier molecular flexibility index (Phi) is 4.13. The fourth-order valence-electron chi connectivity index (χ4n) is 1.80. The third kappa shape index (κ3) is 2.71. The van der Waals surface area contributed by atoms with Crippen molar-refractivity contribution in [2.75, 3.05) is 0 Å². The van der Waals surface area contributed by atoms with Crippen LogP contribution in [0.3, 0.4) is 0 Å². The second kappa shape index (κ2) is 4.30. The molecule has 0 rings (SSSR count). The predicted molar refractivity (Wildman–Crippen MR) is 58.1 cm³/mol. The maximum Gasteiger partial charge on any atom is 0.303 e. The molecule has 2 atom stereocenters. The van der Waals surface area contributed by atoms with Crippen LogP contribution in [-0.2, 0) is 4.79 Å². The summed E-state index contributed by atoms with van der Waals surface area (Å²) in [5.74, 6) is -0.468. The second-order valence-electron chi connectivity index (χ2n) is 5.02. The van der Waals surface area contributed by atoms with Gasteiger partial charge in [0.25, 0.3) is 0 Å². The molecule has 0 amide bonds. The Morgan fingerprint density at radius 1 is 1.43 bits per heavy atom. The minimum absolute atomic E-state index is 0.130. The van der Waals surface area contributed by atoms with Crippen LogP contribution < -0.4 is 5.73 Å². The summed E-state index contributed by atoms with van der Waals surface area (Å²) in [6.07, 6.45) is 1.08. The van der Waals surface area contributed by atoms with Gasteiger partial charge in [-0.15, -0.1) is 0 Å². The topological polar surface area (TPSA) is 63.3 Å². The van der Waals surface area contributed by atoms with Gasteiger partial charge in [-0.3, -0.25) is 4.79 Å². The fourth-order valence-corrected chi connectivity index (χ4v) is 1.80. The number of aliphatic carboxylic acids is 1. The lowest BCUT2D eigenvalue weighted by Gasteiger charge is -2.45. The maximum atomic E-state index is 10.8. The van der Waals surface area contributed by atoms with Gasteiger partial charge in [0, 0.05) is 5.54 Å². The van der Waals surface area contributed by atoms with Gasteiger partial charge >= 0.3 is 5.97 Å². The first kappa shape index (κ1) is 13.4. The molecule has 3 heteroatoms. The van der Waals surface area contributed by atoms with E-state index in [2.05, 4.69) is 13.8 Å². The number of hydrogen-bond donors (Lipinski definition) is 2.